The Hall–Kier alpha value is 0.190. The Morgan fingerprint density at radius 3 is 2.42 bits per heavy atom. The van der Waals surface area contributed by atoms with Crippen molar-refractivity contribution < 1.29 is 0 Å². The van der Waals surface area contributed by atoms with Gasteiger partial charge in [-0.3, -0.25) is 9.80 Å². The predicted molar refractivity (Wildman–Crippen MR) is 87.0 cm³/mol. The van der Waals surface area contributed by atoms with Crippen LogP contribution in [0.15, 0.2) is 0 Å². The largest absolute Gasteiger partial charge is 0.329 e. The number of hydrogen-bond donors (Lipinski definition) is 1. The van der Waals surface area contributed by atoms with E-state index in [0.29, 0.717) is 6.04 Å². The molecular formula is C14H32N4S. The first kappa shape index (κ1) is 17.2. The number of rotatable bonds is 9. The van der Waals surface area contributed by atoms with Crippen molar-refractivity contribution in [1.82, 2.24) is 14.7 Å². The smallest absolute Gasteiger partial charge is 0.0227 e. The lowest BCUT2D eigenvalue weighted by molar-refractivity contribution is 0.0929. The zero-order valence-corrected chi connectivity index (χ0v) is 13.8. The Labute approximate surface area is 123 Å². The van der Waals surface area contributed by atoms with Crippen LogP contribution in [0.25, 0.3) is 0 Å². The molecule has 2 N–H and O–H groups in total. The van der Waals surface area contributed by atoms with Gasteiger partial charge >= 0.3 is 0 Å². The highest BCUT2D eigenvalue weighted by molar-refractivity contribution is 7.99. The van der Waals surface area contributed by atoms with Gasteiger partial charge < -0.3 is 10.6 Å². The Balaban J connectivity index is 2.22. The summed E-state index contributed by atoms with van der Waals surface area (Å²) < 4.78 is 0. The van der Waals surface area contributed by atoms with Crippen molar-refractivity contribution in [3.05, 3.63) is 0 Å². The van der Waals surface area contributed by atoms with Gasteiger partial charge in [-0.25, -0.2) is 0 Å². The second-order valence-electron chi connectivity index (χ2n) is 5.56. The van der Waals surface area contributed by atoms with E-state index in [1.165, 1.54) is 50.7 Å². The van der Waals surface area contributed by atoms with Gasteiger partial charge in [-0.05, 0) is 32.0 Å². The SMILES string of the molecule is CCSCCC(CN)N1CCN(CCN(C)C)CC1. The maximum atomic E-state index is 5.95. The van der Waals surface area contributed by atoms with E-state index in [9.17, 15) is 0 Å². The van der Waals surface area contributed by atoms with Crippen LogP contribution in [-0.2, 0) is 0 Å². The van der Waals surface area contributed by atoms with Crippen LogP contribution >= 0.6 is 11.8 Å². The zero-order chi connectivity index (χ0) is 14.1. The molecule has 1 heterocycles. The van der Waals surface area contributed by atoms with E-state index < -0.39 is 0 Å². The minimum Gasteiger partial charge on any atom is -0.329 e. The average molecular weight is 289 g/mol. The highest BCUT2D eigenvalue weighted by Gasteiger charge is 2.22. The van der Waals surface area contributed by atoms with Crippen molar-refractivity contribution in [2.75, 3.05) is 71.4 Å². The average Bonchev–Trinajstić information content (AvgIpc) is 2.42. The monoisotopic (exact) mass is 288 g/mol. The molecule has 1 unspecified atom stereocenters. The van der Waals surface area contributed by atoms with E-state index >= 15 is 0 Å². The molecule has 0 amide bonds. The molecule has 1 atom stereocenters. The third kappa shape index (κ3) is 6.95. The summed E-state index contributed by atoms with van der Waals surface area (Å²) in [4.78, 5) is 7.43. The number of likely N-dealkylation sites (N-methyl/N-ethyl adjacent to an activating group) is 1. The molecule has 1 fully saturated rings. The lowest BCUT2D eigenvalue weighted by atomic mass is 10.1. The van der Waals surface area contributed by atoms with Gasteiger partial charge in [-0.2, -0.15) is 11.8 Å². The van der Waals surface area contributed by atoms with E-state index in [1.807, 2.05) is 11.8 Å². The Morgan fingerprint density at radius 1 is 1.21 bits per heavy atom. The van der Waals surface area contributed by atoms with Crippen LogP contribution in [0, 0.1) is 0 Å². The molecule has 5 heteroatoms. The molecule has 0 saturated carbocycles. The Bertz CT molecular complexity index is 217. The predicted octanol–water partition coefficient (Wildman–Crippen LogP) is 0.636. The first-order chi connectivity index (χ1) is 9.17. The molecule has 0 radical (unpaired) electrons. The topological polar surface area (TPSA) is 35.7 Å². The van der Waals surface area contributed by atoms with Crippen molar-refractivity contribution in [2.24, 2.45) is 5.73 Å². The van der Waals surface area contributed by atoms with E-state index in [4.69, 9.17) is 5.73 Å². The number of thioether (sulfide) groups is 1. The molecule has 1 aliphatic heterocycles. The summed E-state index contributed by atoms with van der Waals surface area (Å²) in [7, 11) is 4.29. The van der Waals surface area contributed by atoms with E-state index in [1.54, 1.807) is 0 Å². The van der Waals surface area contributed by atoms with Gasteiger partial charge in [-0.1, -0.05) is 6.92 Å². The van der Waals surface area contributed by atoms with Gasteiger partial charge in [0.1, 0.15) is 0 Å². The van der Waals surface area contributed by atoms with Gasteiger partial charge in [0.05, 0.1) is 0 Å². The second kappa shape index (κ2) is 10.00. The number of piperazine rings is 1. The molecule has 1 aliphatic rings. The lowest BCUT2D eigenvalue weighted by Crippen LogP contribution is -2.53. The highest BCUT2D eigenvalue weighted by Crippen LogP contribution is 2.12. The first-order valence-electron chi connectivity index (χ1n) is 7.56. The molecule has 4 nitrogen and oxygen atoms in total. The molecular weight excluding hydrogens is 256 g/mol. The summed E-state index contributed by atoms with van der Waals surface area (Å²) in [5, 5.41) is 0. The van der Waals surface area contributed by atoms with Crippen molar-refractivity contribution in [2.45, 2.75) is 19.4 Å². The van der Waals surface area contributed by atoms with Crippen molar-refractivity contribution in [3.8, 4) is 0 Å². The molecule has 114 valence electrons. The standard InChI is InChI=1S/C14H32N4S/c1-4-19-12-5-14(13-15)18-10-8-17(9-11-18)7-6-16(2)3/h14H,4-13,15H2,1-3H3. The molecule has 19 heavy (non-hydrogen) atoms. The molecule has 0 bridgehead atoms. The van der Waals surface area contributed by atoms with E-state index in [2.05, 4.69) is 35.7 Å². The minimum absolute atomic E-state index is 0.593. The van der Waals surface area contributed by atoms with Gasteiger partial charge in [0.15, 0.2) is 0 Å². The molecule has 0 aromatic heterocycles. The fourth-order valence-electron chi connectivity index (χ4n) is 2.51. The fraction of sp³-hybridized carbons (Fsp3) is 1.00. The molecule has 0 spiro atoms. The van der Waals surface area contributed by atoms with Crippen LogP contribution in [0.4, 0.5) is 0 Å². The maximum Gasteiger partial charge on any atom is 0.0227 e. The van der Waals surface area contributed by atoms with Crippen molar-refractivity contribution in [3.63, 3.8) is 0 Å². The lowest BCUT2D eigenvalue weighted by Gasteiger charge is -2.39. The van der Waals surface area contributed by atoms with Crippen molar-refractivity contribution >= 4 is 11.8 Å². The third-order valence-electron chi connectivity index (χ3n) is 3.86. The zero-order valence-electron chi connectivity index (χ0n) is 13.0. The summed E-state index contributed by atoms with van der Waals surface area (Å²) in [5.41, 5.74) is 5.95. The number of hydrogen-bond acceptors (Lipinski definition) is 5. The van der Waals surface area contributed by atoms with Crippen LogP contribution in [0.2, 0.25) is 0 Å². The Kier molecular flexibility index (Phi) is 9.07. The van der Waals surface area contributed by atoms with Gasteiger partial charge in [-0.15, -0.1) is 0 Å². The second-order valence-corrected chi connectivity index (χ2v) is 6.95. The van der Waals surface area contributed by atoms with Crippen LogP contribution in [0.1, 0.15) is 13.3 Å². The highest BCUT2D eigenvalue weighted by atomic mass is 32.2. The molecule has 0 aromatic rings. The van der Waals surface area contributed by atoms with Gasteiger partial charge in [0.2, 0.25) is 0 Å². The van der Waals surface area contributed by atoms with Crippen molar-refractivity contribution in [1.29, 1.82) is 0 Å². The molecule has 0 aromatic carbocycles. The van der Waals surface area contributed by atoms with E-state index in [0.717, 1.165) is 13.1 Å². The fourth-order valence-corrected chi connectivity index (χ4v) is 3.23. The Morgan fingerprint density at radius 2 is 1.89 bits per heavy atom. The van der Waals surface area contributed by atoms with E-state index in [-0.39, 0.29) is 0 Å². The summed E-state index contributed by atoms with van der Waals surface area (Å²) >= 11 is 2.03. The summed E-state index contributed by atoms with van der Waals surface area (Å²) in [6.07, 6.45) is 1.24. The molecule has 0 aliphatic carbocycles. The minimum atomic E-state index is 0.593. The number of nitrogens with zero attached hydrogens (tertiary/aromatic N) is 3. The molecule has 1 saturated heterocycles. The first-order valence-corrected chi connectivity index (χ1v) is 8.71. The number of nitrogens with two attached hydrogens (primary N) is 1. The maximum absolute atomic E-state index is 5.95. The van der Waals surface area contributed by atoms with Gasteiger partial charge in [0, 0.05) is 51.9 Å². The van der Waals surface area contributed by atoms with Crippen LogP contribution < -0.4 is 5.73 Å². The third-order valence-corrected chi connectivity index (χ3v) is 4.79. The quantitative estimate of drug-likeness (QED) is 0.630. The summed E-state index contributed by atoms with van der Waals surface area (Å²) in [6.45, 7) is 10.2. The summed E-state index contributed by atoms with van der Waals surface area (Å²) in [5.74, 6) is 2.47. The van der Waals surface area contributed by atoms with Crippen LogP contribution in [0.3, 0.4) is 0 Å². The van der Waals surface area contributed by atoms with Crippen LogP contribution in [-0.4, -0.2) is 92.2 Å². The van der Waals surface area contributed by atoms with Crippen LogP contribution in [0.5, 0.6) is 0 Å². The summed E-state index contributed by atoms with van der Waals surface area (Å²) in [6, 6.07) is 0.593. The normalized spacial score (nSPS) is 20.1. The van der Waals surface area contributed by atoms with Gasteiger partial charge in [0.25, 0.3) is 0 Å². The molecule has 1 rings (SSSR count).